The number of ketones is 1. The number of carbonyl (C=O) groups is 1. The Morgan fingerprint density at radius 1 is 1.54 bits per heavy atom. The highest BCUT2D eigenvalue weighted by Crippen LogP contribution is 2.17. The summed E-state index contributed by atoms with van der Waals surface area (Å²) < 4.78 is 0. The first-order valence-corrected chi connectivity index (χ1v) is 4.57. The van der Waals surface area contributed by atoms with Crippen LogP contribution in [0.25, 0.3) is 0 Å². The molecule has 0 heterocycles. The number of Topliss-reactive ketones (excluding diaryl/α,β-unsaturated/α-hetero) is 1. The summed E-state index contributed by atoms with van der Waals surface area (Å²) in [5.74, 6) is 0.534. The normalized spacial score (nSPS) is 10.0. The maximum absolute atomic E-state index is 11.4. The predicted molar refractivity (Wildman–Crippen MR) is 52.5 cm³/mol. The van der Waals surface area contributed by atoms with Crippen molar-refractivity contribution in [3.05, 3.63) is 29.3 Å². The van der Waals surface area contributed by atoms with E-state index in [1.807, 2.05) is 0 Å². The highest BCUT2D eigenvalue weighted by molar-refractivity contribution is 6.19. The van der Waals surface area contributed by atoms with Gasteiger partial charge in [0, 0.05) is 17.9 Å². The van der Waals surface area contributed by atoms with Crippen molar-refractivity contribution in [2.75, 3.05) is 5.88 Å². The van der Waals surface area contributed by atoms with Gasteiger partial charge in [0.15, 0.2) is 5.78 Å². The first-order chi connectivity index (χ1) is 6.15. The molecule has 0 saturated carbocycles. The zero-order chi connectivity index (χ0) is 9.84. The van der Waals surface area contributed by atoms with Gasteiger partial charge in [-0.05, 0) is 30.7 Å². The molecule has 70 valence electrons. The van der Waals surface area contributed by atoms with Crippen LogP contribution in [-0.4, -0.2) is 16.8 Å². The minimum absolute atomic E-state index is 0.0208. The van der Waals surface area contributed by atoms with Crippen molar-refractivity contribution in [3.63, 3.8) is 0 Å². The predicted octanol–water partition coefficient (Wildman–Crippen LogP) is 2.51. The Labute approximate surface area is 82.2 Å². The summed E-state index contributed by atoms with van der Waals surface area (Å²) in [6.07, 6.45) is 0.340. The fourth-order valence-corrected chi connectivity index (χ4v) is 1.35. The van der Waals surface area contributed by atoms with Crippen LogP contribution in [0.2, 0.25) is 0 Å². The molecule has 1 rings (SSSR count). The molecule has 1 aromatic carbocycles. The molecule has 0 saturated heterocycles. The van der Waals surface area contributed by atoms with Crippen molar-refractivity contribution < 1.29 is 9.90 Å². The molecule has 1 N–H and O–H groups in total. The van der Waals surface area contributed by atoms with E-state index in [9.17, 15) is 4.79 Å². The van der Waals surface area contributed by atoms with Crippen molar-refractivity contribution in [1.29, 1.82) is 0 Å². The van der Waals surface area contributed by atoms with Crippen LogP contribution in [-0.2, 0) is 0 Å². The van der Waals surface area contributed by atoms with Gasteiger partial charge in [-0.3, -0.25) is 4.79 Å². The van der Waals surface area contributed by atoms with Crippen LogP contribution >= 0.6 is 11.6 Å². The Balaban J connectivity index is 2.95. The van der Waals surface area contributed by atoms with Gasteiger partial charge >= 0.3 is 0 Å². The molecule has 13 heavy (non-hydrogen) atoms. The minimum Gasteiger partial charge on any atom is -0.508 e. The number of rotatable bonds is 3. The SMILES string of the molecule is Cc1cc(O)ccc1C(=O)CCCl. The molecule has 0 atom stereocenters. The average molecular weight is 199 g/mol. The van der Waals surface area contributed by atoms with Crippen LogP contribution in [0.3, 0.4) is 0 Å². The lowest BCUT2D eigenvalue weighted by Gasteiger charge is -2.03. The zero-order valence-corrected chi connectivity index (χ0v) is 8.14. The number of alkyl halides is 1. The summed E-state index contributed by atoms with van der Waals surface area (Å²) in [6, 6.07) is 4.70. The largest absolute Gasteiger partial charge is 0.508 e. The van der Waals surface area contributed by atoms with Gasteiger partial charge in [0.1, 0.15) is 5.75 Å². The monoisotopic (exact) mass is 198 g/mol. The summed E-state index contributed by atoms with van der Waals surface area (Å²) in [7, 11) is 0. The second-order valence-electron chi connectivity index (χ2n) is 2.86. The van der Waals surface area contributed by atoms with Gasteiger partial charge in [-0.1, -0.05) is 0 Å². The van der Waals surface area contributed by atoms with Crippen molar-refractivity contribution in [3.8, 4) is 5.75 Å². The van der Waals surface area contributed by atoms with Crippen molar-refractivity contribution >= 4 is 17.4 Å². The molecule has 3 heteroatoms. The molecule has 0 bridgehead atoms. The minimum atomic E-state index is 0.0208. The summed E-state index contributed by atoms with van der Waals surface area (Å²) in [6.45, 7) is 1.79. The third kappa shape index (κ3) is 2.46. The quantitative estimate of drug-likeness (QED) is 0.599. The van der Waals surface area contributed by atoms with Crippen LogP contribution in [0.5, 0.6) is 5.75 Å². The van der Waals surface area contributed by atoms with E-state index in [4.69, 9.17) is 16.7 Å². The maximum Gasteiger partial charge on any atom is 0.164 e. The Morgan fingerprint density at radius 3 is 2.77 bits per heavy atom. The third-order valence-corrected chi connectivity index (χ3v) is 2.02. The van der Waals surface area contributed by atoms with Crippen molar-refractivity contribution in [1.82, 2.24) is 0 Å². The molecule has 0 aliphatic carbocycles. The van der Waals surface area contributed by atoms with E-state index >= 15 is 0 Å². The molecule has 0 amide bonds. The van der Waals surface area contributed by atoms with Gasteiger partial charge < -0.3 is 5.11 Å². The first kappa shape index (κ1) is 10.1. The van der Waals surface area contributed by atoms with Crippen molar-refractivity contribution in [2.24, 2.45) is 0 Å². The molecule has 1 aromatic rings. The molecule has 0 fully saturated rings. The molecule has 0 aliphatic rings. The zero-order valence-electron chi connectivity index (χ0n) is 7.38. The van der Waals surface area contributed by atoms with Gasteiger partial charge in [-0.15, -0.1) is 11.6 Å². The third-order valence-electron chi connectivity index (χ3n) is 1.83. The van der Waals surface area contributed by atoms with E-state index < -0.39 is 0 Å². The molecule has 0 aromatic heterocycles. The maximum atomic E-state index is 11.4. The average Bonchev–Trinajstić information content (AvgIpc) is 2.04. The summed E-state index contributed by atoms with van der Waals surface area (Å²) >= 11 is 5.46. The number of benzene rings is 1. The van der Waals surface area contributed by atoms with Crippen LogP contribution in [0.4, 0.5) is 0 Å². The van der Waals surface area contributed by atoms with Gasteiger partial charge in [0.2, 0.25) is 0 Å². The number of hydrogen-bond acceptors (Lipinski definition) is 2. The second-order valence-corrected chi connectivity index (χ2v) is 3.24. The Morgan fingerprint density at radius 2 is 2.23 bits per heavy atom. The number of aromatic hydroxyl groups is 1. The molecular weight excluding hydrogens is 188 g/mol. The van der Waals surface area contributed by atoms with Gasteiger partial charge in [0.05, 0.1) is 0 Å². The van der Waals surface area contributed by atoms with E-state index in [-0.39, 0.29) is 11.5 Å². The van der Waals surface area contributed by atoms with Gasteiger partial charge in [-0.2, -0.15) is 0 Å². The Hall–Kier alpha value is -1.02. The lowest BCUT2D eigenvalue weighted by Crippen LogP contribution is -2.01. The topological polar surface area (TPSA) is 37.3 Å². The molecular formula is C10H11ClO2. The number of carbonyl (C=O) groups excluding carboxylic acids is 1. The highest BCUT2D eigenvalue weighted by Gasteiger charge is 2.07. The summed E-state index contributed by atoms with van der Waals surface area (Å²) in [5, 5.41) is 9.11. The number of phenols is 1. The van der Waals surface area contributed by atoms with E-state index in [0.29, 0.717) is 17.9 Å². The van der Waals surface area contributed by atoms with E-state index in [1.165, 1.54) is 6.07 Å². The number of aryl methyl sites for hydroxylation is 1. The molecule has 0 unspecified atom stereocenters. The number of phenolic OH excluding ortho intramolecular Hbond substituents is 1. The van der Waals surface area contributed by atoms with E-state index in [2.05, 4.69) is 0 Å². The summed E-state index contributed by atoms with van der Waals surface area (Å²) in [5.41, 5.74) is 1.42. The summed E-state index contributed by atoms with van der Waals surface area (Å²) in [4.78, 5) is 11.4. The highest BCUT2D eigenvalue weighted by atomic mass is 35.5. The fraction of sp³-hybridized carbons (Fsp3) is 0.300. The van der Waals surface area contributed by atoms with Gasteiger partial charge in [-0.25, -0.2) is 0 Å². The van der Waals surface area contributed by atoms with Crippen LogP contribution < -0.4 is 0 Å². The van der Waals surface area contributed by atoms with Crippen LogP contribution in [0, 0.1) is 6.92 Å². The smallest absolute Gasteiger partial charge is 0.164 e. The fourth-order valence-electron chi connectivity index (χ4n) is 1.18. The van der Waals surface area contributed by atoms with E-state index in [0.717, 1.165) is 5.56 Å². The number of hydrogen-bond donors (Lipinski definition) is 1. The molecule has 0 radical (unpaired) electrons. The van der Waals surface area contributed by atoms with Gasteiger partial charge in [0.25, 0.3) is 0 Å². The molecule has 0 aliphatic heterocycles. The van der Waals surface area contributed by atoms with Crippen LogP contribution in [0.1, 0.15) is 22.3 Å². The van der Waals surface area contributed by atoms with Crippen molar-refractivity contribution in [2.45, 2.75) is 13.3 Å². The van der Waals surface area contributed by atoms with Crippen LogP contribution in [0.15, 0.2) is 18.2 Å². The Kier molecular flexibility index (Phi) is 3.32. The second kappa shape index (κ2) is 4.28. The molecule has 0 spiro atoms. The van der Waals surface area contributed by atoms with E-state index in [1.54, 1.807) is 19.1 Å². The molecule has 2 nitrogen and oxygen atoms in total. The number of halogens is 1. The first-order valence-electron chi connectivity index (χ1n) is 4.04. The lowest BCUT2D eigenvalue weighted by atomic mass is 10.0. The Bertz CT molecular complexity index is 321. The standard InChI is InChI=1S/C10H11ClO2/c1-7-6-8(12)2-3-9(7)10(13)4-5-11/h2-3,6,12H,4-5H2,1H3. The lowest BCUT2D eigenvalue weighted by molar-refractivity contribution is 0.0988.